The summed E-state index contributed by atoms with van der Waals surface area (Å²) in [5.74, 6) is 1.01. The summed E-state index contributed by atoms with van der Waals surface area (Å²) in [7, 11) is -3.31. The smallest absolute Gasteiger partial charge is 0.233 e. The second-order valence-electron chi connectivity index (χ2n) is 7.02. The van der Waals surface area contributed by atoms with Crippen LogP contribution in [0.4, 0.5) is 5.69 Å². The fourth-order valence-electron chi connectivity index (χ4n) is 3.10. The van der Waals surface area contributed by atoms with Crippen LogP contribution >= 0.6 is 11.8 Å². The van der Waals surface area contributed by atoms with Crippen molar-refractivity contribution in [3.8, 4) is 11.1 Å². The van der Waals surface area contributed by atoms with Gasteiger partial charge in [-0.1, -0.05) is 26.0 Å². The molecular weight excluding hydrogens is 382 g/mol. The first-order valence-electron chi connectivity index (χ1n) is 8.68. The Morgan fingerprint density at radius 3 is 2.59 bits per heavy atom. The Balaban J connectivity index is 1.93. The van der Waals surface area contributed by atoms with Crippen LogP contribution in [0.3, 0.4) is 0 Å². The molecule has 1 atom stereocenters. The molecule has 1 unspecified atom stereocenters. The van der Waals surface area contributed by atoms with Crippen molar-refractivity contribution < 1.29 is 13.2 Å². The molecule has 8 heteroatoms. The second-order valence-corrected chi connectivity index (χ2v) is 9.83. The Morgan fingerprint density at radius 1 is 1.26 bits per heavy atom. The zero-order valence-corrected chi connectivity index (χ0v) is 17.2. The number of pyridine rings is 1. The molecule has 0 saturated carbocycles. The first kappa shape index (κ1) is 19.7. The second kappa shape index (κ2) is 7.90. The third-order valence-corrected chi connectivity index (χ3v) is 5.99. The van der Waals surface area contributed by atoms with E-state index in [4.69, 9.17) is 0 Å². The maximum absolute atomic E-state index is 12.3. The van der Waals surface area contributed by atoms with Gasteiger partial charge in [-0.25, -0.2) is 8.42 Å². The van der Waals surface area contributed by atoms with Crippen LogP contribution in [0.5, 0.6) is 0 Å². The minimum Gasteiger partial charge on any atom is -0.325 e. The van der Waals surface area contributed by atoms with E-state index in [-0.39, 0.29) is 11.3 Å². The lowest BCUT2D eigenvalue weighted by molar-refractivity contribution is -0.128. The Labute approximate surface area is 164 Å². The normalized spacial score (nSPS) is 17.6. The van der Waals surface area contributed by atoms with Crippen LogP contribution in [0.1, 0.15) is 24.8 Å². The average Bonchev–Trinajstić information content (AvgIpc) is 2.94. The maximum atomic E-state index is 12.3. The van der Waals surface area contributed by atoms with Crippen molar-refractivity contribution >= 4 is 33.4 Å². The summed E-state index contributed by atoms with van der Waals surface area (Å²) in [6.07, 6.45) is 4.68. The minimum absolute atomic E-state index is 0.0579. The fourth-order valence-corrected chi connectivity index (χ4v) is 4.88. The molecule has 6 nitrogen and oxygen atoms in total. The SMILES string of the molecule is CC(C)CN1C(=O)CSC1c1cnccc1-c1ccc(NS(C)(=O)=O)cc1. The molecular formula is C19H23N3O3S2. The molecule has 1 saturated heterocycles. The Kier molecular flexibility index (Phi) is 5.76. The van der Waals surface area contributed by atoms with Crippen molar-refractivity contribution in [3.63, 3.8) is 0 Å². The van der Waals surface area contributed by atoms with Gasteiger partial charge in [-0.3, -0.25) is 14.5 Å². The van der Waals surface area contributed by atoms with Crippen LogP contribution in [-0.2, 0) is 14.8 Å². The van der Waals surface area contributed by atoms with E-state index in [0.717, 1.165) is 22.9 Å². The van der Waals surface area contributed by atoms with Gasteiger partial charge in [0, 0.05) is 30.2 Å². The molecule has 27 heavy (non-hydrogen) atoms. The molecule has 1 fully saturated rings. The largest absolute Gasteiger partial charge is 0.325 e. The molecule has 144 valence electrons. The number of nitrogens with one attached hydrogen (secondary N) is 1. The van der Waals surface area contributed by atoms with Crippen LogP contribution in [0.25, 0.3) is 11.1 Å². The van der Waals surface area contributed by atoms with Crippen molar-refractivity contribution in [2.24, 2.45) is 5.92 Å². The minimum atomic E-state index is -3.31. The van der Waals surface area contributed by atoms with Crippen molar-refractivity contribution in [2.45, 2.75) is 19.2 Å². The Morgan fingerprint density at radius 2 is 1.96 bits per heavy atom. The summed E-state index contributed by atoms with van der Waals surface area (Å²) in [5.41, 5.74) is 3.47. The number of amides is 1. The molecule has 2 heterocycles. The summed E-state index contributed by atoms with van der Waals surface area (Å²) in [6, 6.07) is 9.16. The lowest BCUT2D eigenvalue weighted by Crippen LogP contribution is -2.31. The van der Waals surface area contributed by atoms with Crippen molar-refractivity contribution in [1.82, 2.24) is 9.88 Å². The van der Waals surface area contributed by atoms with E-state index in [1.165, 1.54) is 0 Å². The third kappa shape index (κ3) is 4.81. The topological polar surface area (TPSA) is 79.4 Å². The van der Waals surface area contributed by atoms with Crippen molar-refractivity contribution in [2.75, 3.05) is 23.3 Å². The number of aromatic nitrogens is 1. The molecule has 1 aliphatic rings. The van der Waals surface area contributed by atoms with Crippen LogP contribution in [0.2, 0.25) is 0 Å². The van der Waals surface area contributed by atoms with E-state index in [9.17, 15) is 13.2 Å². The van der Waals surface area contributed by atoms with E-state index in [1.807, 2.05) is 29.3 Å². The number of hydrogen-bond donors (Lipinski definition) is 1. The van der Waals surface area contributed by atoms with Gasteiger partial charge in [0.25, 0.3) is 0 Å². The van der Waals surface area contributed by atoms with E-state index in [0.29, 0.717) is 23.9 Å². The first-order valence-corrected chi connectivity index (χ1v) is 11.6. The summed E-state index contributed by atoms with van der Waals surface area (Å²) in [4.78, 5) is 18.5. The molecule has 1 aromatic heterocycles. The van der Waals surface area contributed by atoms with Gasteiger partial charge in [-0.2, -0.15) is 0 Å². The molecule has 1 aromatic carbocycles. The van der Waals surface area contributed by atoms with Gasteiger partial charge in [0.1, 0.15) is 5.37 Å². The molecule has 1 aliphatic heterocycles. The zero-order chi connectivity index (χ0) is 19.6. The average molecular weight is 406 g/mol. The van der Waals surface area contributed by atoms with Crippen LogP contribution in [0, 0.1) is 5.92 Å². The third-order valence-electron chi connectivity index (χ3n) is 4.15. The van der Waals surface area contributed by atoms with Gasteiger partial charge in [0.15, 0.2) is 0 Å². The van der Waals surface area contributed by atoms with Crippen LogP contribution in [-0.4, -0.2) is 42.8 Å². The van der Waals surface area contributed by atoms with Gasteiger partial charge in [0.2, 0.25) is 15.9 Å². The summed E-state index contributed by atoms with van der Waals surface area (Å²) in [5, 5.41) is -0.0579. The number of rotatable bonds is 6. The molecule has 0 radical (unpaired) electrons. The number of hydrogen-bond acceptors (Lipinski definition) is 5. The number of carbonyl (C=O) groups is 1. The predicted octanol–water partition coefficient (Wildman–Crippen LogP) is 3.35. The fraction of sp³-hybridized carbons (Fsp3) is 0.368. The number of carbonyl (C=O) groups excluding carboxylic acids is 1. The monoisotopic (exact) mass is 405 g/mol. The van der Waals surface area contributed by atoms with Crippen molar-refractivity contribution in [1.29, 1.82) is 0 Å². The number of anilines is 1. The molecule has 1 N–H and O–H groups in total. The summed E-state index contributed by atoms with van der Waals surface area (Å²) in [6.45, 7) is 4.91. The molecule has 2 aromatic rings. The Bertz CT molecular complexity index is 927. The number of sulfonamides is 1. The standard InChI is InChI=1S/C19H23N3O3S2/c1-13(2)11-22-18(23)12-26-19(22)17-10-20-9-8-16(17)14-4-6-15(7-5-14)21-27(3,24)25/h4-10,13,19,21H,11-12H2,1-3H3. The first-order chi connectivity index (χ1) is 12.7. The molecule has 0 bridgehead atoms. The quantitative estimate of drug-likeness (QED) is 0.797. The lowest BCUT2D eigenvalue weighted by atomic mass is 10.0. The van der Waals surface area contributed by atoms with Crippen molar-refractivity contribution in [3.05, 3.63) is 48.3 Å². The molecule has 0 aliphatic carbocycles. The predicted molar refractivity (Wildman–Crippen MR) is 110 cm³/mol. The lowest BCUT2D eigenvalue weighted by Gasteiger charge is -2.27. The van der Waals surface area contributed by atoms with E-state index < -0.39 is 10.0 Å². The molecule has 1 amide bonds. The van der Waals surface area contributed by atoms with E-state index >= 15 is 0 Å². The summed E-state index contributed by atoms with van der Waals surface area (Å²) >= 11 is 1.62. The van der Waals surface area contributed by atoms with Gasteiger partial charge >= 0.3 is 0 Å². The number of thioether (sulfide) groups is 1. The summed E-state index contributed by atoms with van der Waals surface area (Å²) < 4.78 is 25.2. The highest BCUT2D eigenvalue weighted by Gasteiger charge is 2.34. The highest BCUT2D eigenvalue weighted by molar-refractivity contribution is 8.00. The van der Waals surface area contributed by atoms with E-state index in [1.54, 1.807) is 30.1 Å². The maximum Gasteiger partial charge on any atom is 0.233 e. The Hall–Kier alpha value is -2.06. The molecule has 3 rings (SSSR count). The highest BCUT2D eigenvalue weighted by Crippen LogP contribution is 2.42. The van der Waals surface area contributed by atoms with Crippen LogP contribution in [0.15, 0.2) is 42.7 Å². The van der Waals surface area contributed by atoms with Gasteiger partial charge in [-0.05, 0) is 35.2 Å². The van der Waals surface area contributed by atoms with Gasteiger partial charge in [-0.15, -0.1) is 11.8 Å². The molecule has 0 spiro atoms. The van der Waals surface area contributed by atoms with Crippen LogP contribution < -0.4 is 4.72 Å². The van der Waals surface area contributed by atoms with Gasteiger partial charge in [0.05, 0.1) is 12.0 Å². The zero-order valence-electron chi connectivity index (χ0n) is 15.5. The number of nitrogens with zero attached hydrogens (tertiary/aromatic N) is 2. The van der Waals surface area contributed by atoms with E-state index in [2.05, 4.69) is 23.6 Å². The number of benzene rings is 1. The highest BCUT2D eigenvalue weighted by atomic mass is 32.2. The van der Waals surface area contributed by atoms with Gasteiger partial charge < -0.3 is 4.90 Å².